The third kappa shape index (κ3) is 3.74. The van der Waals surface area contributed by atoms with Gasteiger partial charge in [-0.05, 0) is 19.8 Å². The molecule has 8 nitrogen and oxygen atoms in total. The second-order valence-electron chi connectivity index (χ2n) is 6.09. The van der Waals surface area contributed by atoms with E-state index >= 15 is 0 Å². The first kappa shape index (κ1) is 18.0. The van der Waals surface area contributed by atoms with Crippen LogP contribution in [0.25, 0.3) is 0 Å². The van der Waals surface area contributed by atoms with Crippen molar-refractivity contribution in [3.05, 3.63) is 11.8 Å². The van der Waals surface area contributed by atoms with Gasteiger partial charge >= 0.3 is 6.03 Å². The SMILES string of the molecule is CCCC1(CCC)NC(=O)N(CCC(=O)Nc2cc(C)on2)C1=O. The van der Waals surface area contributed by atoms with Gasteiger partial charge in [-0.25, -0.2) is 4.79 Å². The lowest BCUT2D eigenvalue weighted by molar-refractivity contribution is -0.132. The van der Waals surface area contributed by atoms with E-state index in [1.165, 1.54) is 0 Å². The molecule has 1 aliphatic heterocycles. The van der Waals surface area contributed by atoms with E-state index in [1.54, 1.807) is 13.0 Å². The molecular weight excluding hydrogens is 312 g/mol. The molecule has 1 aliphatic rings. The lowest BCUT2D eigenvalue weighted by Gasteiger charge is -2.25. The van der Waals surface area contributed by atoms with Crippen LogP contribution in [0.1, 0.15) is 51.7 Å². The van der Waals surface area contributed by atoms with Crippen molar-refractivity contribution in [1.29, 1.82) is 0 Å². The number of urea groups is 1. The van der Waals surface area contributed by atoms with Gasteiger partial charge in [-0.2, -0.15) is 0 Å². The highest BCUT2D eigenvalue weighted by Gasteiger charge is 2.49. The molecule has 24 heavy (non-hydrogen) atoms. The monoisotopic (exact) mass is 336 g/mol. The van der Waals surface area contributed by atoms with Crippen LogP contribution in [0.5, 0.6) is 0 Å². The Kier molecular flexibility index (Phi) is 5.58. The van der Waals surface area contributed by atoms with Crippen LogP contribution in [0.2, 0.25) is 0 Å². The Bertz CT molecular complexity index is 619. The van der Waals surface area contributed by atoms with Crippen LogP contribution in [0, 0.1) is 6.92 Å². The van der Waals surface area contributed by atoms with Crippen LogP contribution in [-0.2, 0) is 9.59 Å². The summed E-state index contributed by atoms with van der Waals surface area (Å²) in [5.74, 6) is 0.345. The van der Waals surface area contributed by atoms with Gasteiger partial charge in [0, 0.05) is 19.0 Å². The molecule has 1 aromatic rings. The van der Waals surface area contributed by atoms with Crippen molar-refractivity contribution < 1.29 is 18.9 Å². The number of imide groups is 1. The van der Waals surface area contributed by atoms with Crippen LogP contribution in [0.3, 0.4) is 0 Å². The molecule has 0 aromatic carbocycles. The number of nitrogens with zero attached hydrogens (tertiary/aromatic N) is 2. The van der Waals surface area contributed by atoms with E-state index in [4.69, 9.17) is 4.52 Å². The molecular formula is C16H24N4O4. The van der Waals surface area contributed by atoms with Gasteiger partial charge in [0.1, 0.15) is 11.3 Å². The molecule has 0 radical (unpaired) electrons. The molecule has 0 bridgehead atoms. The van der Waals surface area contributed by atoms with E-state index < -0.39 is 11.6 Å². The molecule has 0 unspecified atom stereocenters. The Labute approximate surface area is 140 Å². The first-order valence-corrected chi connectivity index (χ1v) is 8.29. The Hall–Kier alpha value is -2.38. The molecule has 0 aliphatic carbocycles. The molecule has 0 saturated carbocycles. The van der Waals surface area contributed by atoms with Gasteiger partial charge in [-0.15, -0.1) is 0 Å². The first-order chi connectivity index (χ1) is 11.4. The smallest absolute Gasteiger partial charge is 0.325 e. The molecule has 0 spiro atoms. The second kappa shape index (κ2) is 7.46. The van der Waals surface area contributed by atoms with Crippen molar-refractivity contribution in [3.63, 3.8) is 0 Å². The van der Waals surface area contributed by atoms with Crippen molar-refractivity contribution in [2.45, 2.75) is 58.4 Å². The standard InChI is InChI=1S/C16H24N4O4/c1-4-7-16(8-5-2)14(22)20(15(23)18-16)9-6-13(21)17-12-10-11(3)24-19-12/h10H,4-9H2,1-3H3,(H,18,23)(H,17,19,21). The Morgan fingerprint density at radius 2 is 2.00 bits per heavy atom. The molecule has 2 N–H and O–H groups in total. The summed E-state index contributed by atoms with van der Waals surface area (Å²) in [5.41, 5.74) is -0.819. The second-order valence-corrected chi connectivity index (χ2v) is 6.09. The van der Waals surface area contributed by atoms with Gasteiger partial charge < -0.3 is 15.2 Å². The van der Waals surface area contributed by atoms with E-state index in [1.807, 2.05) is 13.8 Å². The third-order valence-corrected chi connectivity index (χ3v) is 4.06. The highest BCUT2D eigenvalue weighted by Crippen LogP contribution is 2.28. The number of aryl methyl sites for hydroxylation is 1. The normalized spacial score (nSPS) is 16.4. The highest BCUT2D eigenvalue weighted by molar-refractivity contribution is 6.07. The fourth-order valence-corrected chi connectivity index (χ4v) is 3.04. The number of carbonyl (C=O) groups is 3. The Morgan fingerprint density at radius 1 is 1.33 bits per heavy atom. The summed E-state index contributed by atoms with van der Waals surface area (Å²) < 4.78 is 4.87. The van der Waals surface area contributed by atoms with Gasteiger partial charge in [-0.3, -0.25) is 14.5 Å². The van der Waals surface area contributed by atoms with E-state index in [0.29, 0.717) is 24.4 Å². The van der Waals surface area contributed by atoms with Crippen LogP contribution in [0.15, 0.2) is 10.6 Å². The molecule has 132 valence electrons. The molecule has 2 heterocycles. The molecule has 8 heteroatoms. The Balaban J connectivity index is 1.95. The highest BCUT2D eigenvalue weighted by atomic mass is 16.5. The van der Waals surface area contributed by atoms with Crippen LogP contribution in [0.4, 0.5) is 10.6 Å². The van der Waals surface area contributed by atoms with Gasteiger partial charge in [0.15, 0.2) is 5.82 Å². The van der Waals surface area contributed by atoms with Gasteiger partial charge in [0.05, 0.1) is 0 Å². The maximum atomic E-state index is 12.7. The lowest BCUT2D eigenvalue weighted by atomic mass is 9.88. The predicted octanol–water partition coefficient (Wildman–Crippen LogP) is 2.20. The van der Waals surface area contributed by atoms with Crippen molar-refractivity contribution in [2.24, 2.45) is 0 Å². The summed E-state index contributed by atoms with van der Waals surface area (Å²) in [6.07, 6.45) is 2.82. The number of nitrogens with one attached hydrogen (secondary N) is 2. The fraction of sp³-hybridized carbons (Fsp3) is 0.625. The van der Waals surface area contributed by atoms with Crippen molar-refractivity contribution >= 4 is 23.7 Å². The fourth-order valence-electron chi connectivity index (χ4n) is 3.04. The minimum atomic E-state index is -0.819. The predicted molar refractivity (Wildman–Crippen MR) is 87.3 cm³/mol. The minimum Gasteiger partial charge on any atom is -0.360 e. The quantitative estimate of drug-likeness (QED) is 0.708. The average Bonchev–Trinajstić information content (AvgIpc) is 3.01. The maximum Gasteiger partial charge on any atom is 0.325 e. The summed E-state index contributed by atoms with van der Waals surface area (Å²) >= 11 is 0. The van der Waals surface area contributed by atoms with E-state index in [9.17, 15) is 14.4 Å². The molecule has 4 amide bonds. The van der Waals surface area contributed by atoms with Gasteiger partial charge in [0.2, 0.25) is 5.91 Å². The largest absolute Gasteiger partial charge is 0.360 e. The summed E-state index contributed by atoms with van der Waals surface area (Å²) in [6, 6.07) is 1.17. The number of hydrogen-bond acceptors (Lipinski definition) is 5. The lowest BCUT2D eigenvalue weighted by Crippen LogP contribution is -2.46. The number of carbonyl (C=O) groups excluding carboxylic acids is 3. The number of hydrogen-bond donors (Lipinski definition) is 2. The van der Waals surface area contributed by atoms with E-state index in [0.717, 1.165) is 17.7 Å². The maximum absolute atomic E-state index is 12.7. The number of rotatable bonds is 8. The molecule has 2 rings (SSSR count). The number of amides is 4. The van der Waals surface area contributed by atoms with Crippen LogP contribution < -0.4 is 10.6 Å². The zero-order chi connectivity index (χ0) is 17.7. The number of aromatic nitrogens is 1. The summed E-state index contributed by atoms with van der Waals surface area (Å²) in [5, 5.41) is 9.07. The summed E-state index contributed by atoms with van der Waals surface area (Å²) in [7, 11) is 0. The van der Waals surface area contributed by atoms with Crippen LogP contribution in [-0.4, -0.2) is 40.0 Å². The van der Waals surface area contributed by atoms with Crippen molar-refractivity contribution in [3.8, 4) is 0 Å². The Morgan fingerprint density at radius 3 is 2.54 bits per heavy atom. The van der Waals surface area contributed by atoms with Gasteiger partial charge in [0.25, 0.3) is 5.91 Å². The zero-order valence-corrected chi connectivity index (χ0v) is 14.3. The number of anilines is 1. The third-order valence-electron chi connectivity index (χ3n) is 4.06. The molecule has 1 saturated heterocycles. The molecule has 1 aromatic heterocycles. The molecule has 1 fully saturated rings. The van der Waals surface area contributed by atoms with Gasteiger partial charge in [-0.1, -0.05) is 31.8 Å². The summed E-state index contributed by atoms with van der Waals surface area (Å²) in [4.78, 5) is 37.9. The van der Waals surface area contributed by atoms with Crippen molar-refractivity contribution in [1.82, 2.24) is 15.4 Å². The minimum absolute atomic E-state index is 0.0133. The van der Waals surface area contributed by atoms with E-state index in [2.05, 4.69) is 15.8 Å². The molecule has 0 atom stereocenters. The summed E-state index contributed by atoms with van der Waals surface area (Å²) in [6.45, 7) is 5.72. The zero-order valence-electron chi connectivity index (χ0n) is 14.3. The topological polar surface area (TPSA) is 105 Å². The van der Waals surface area contributed by atoms with E-state index in [-0.39, 0.29) is 24.8 Å². The first-order valence-electron chi connectivity index (χ1n) is 8.29. The van der Waals surface area contributed by atoms with Crippen molar-refractivity contribution in [2.75, 3.05) is 11.9 Å². The average molecular weight is 336 g/mol. The van der Waals surface area contributed by atoms with Crippen LogP contribution >= 0.6 is 0 Å².